The quantitative estimate of drug-likeness (QED) is 0.654. The van der Waals surface area contributed by atoms with Crippen LogP contribution in [0.25, 0.3) is 0 Å². The normalized spacial score (nSPS) is 20.9. The number of piperidine rings is 1. The average Bonchev–Trinajstić information content (AvgIpc) is 2.35. The molecule has 0 spiro atoms. The monoisotopic (exact) mass is 242 g/mol. The molecule has 17 heavy (non-hydrogen) atoms. The molecule has 1 N–H and O–H groups in total. The minimum absolute atomic E-state index is 0.0517. The Morgan fingerprint density at radius 2 is 2.29 bits per heavy atom. The lowest BCUT2D eigenvalue weighted by Gasteiger charge is -2.32. The largest absolute Gasteiger partial charge is 0.382 e. The van der Waals surface area contributed by atoms with E-state index in [1.54, 1.807) is 0 Å². The Labute approximate surface area is 105 Å². The summed E-state index contributed by atoms with van der Waals surface area (Å²) in [7, 11) is 0. The third-order valence-corrected chi connectivity index (χ3v) is 3.09. The zero-order valence-electron chi connectivity index (χ0n) is 11.2. The second-order valence-corrected chi connectivity index (χ2v) is 4.52. The Morgan fingerprint density at radius 3 is 3.00 bits per heavy atom. The Kier molecular flexibility index (Phi) is 7.21. The molecule has 4 heteroatoms. The average molecular weight is 242 g/mol. The van der Waals surface area contributed by atoms with Crippen molar-refractivity contribution in [3.05, 3.63) is 0 Å². The van der Waals surface area contributed by atoms with Gasteiger partial charge in [0.25, 0.3) is 0 Å². The van der Waals surface area contributed by atoms with E-state index in [0.29, 0.717) is 0 Å². The highest BCUT2D eigenvalue weighted by Gasteiger charge is 2.27. The van der Waals surface area contributed by atoms with Crippen LogP contribution in [0.2, 0.25) is 0 Å². The smallest absolute Gasteiger partial charge is 0.239 e. The van der Waals surface area contributed by atoms with Gasteiger partial charge in [-0.2, -0.15) is 0 Å². The van der Waals surface area contributed by atoms with Crippen LogP contribution in [0, 0.1) is 0 Å². The SMILES string of the molecule is CCCNC1CCCN(CCCOCC)C1=O. The van der Waals surface area contributed by atoms with Crippen LogP contribution in [0.5, 0.6) is 0 Å². The number of nitrogens with one attached hydrogen (secondary N) is 1. The van der Waals surface area contributed by atoms with Crippen molar-refractivity contribution < 1.29 is 9.53 Å². The minimum atomic E-state index is 0.0517. The molecule has 0 aromatic rings. The Bertz CT molecular complexity index is 221. The molecule has 0 saturated carbocycles. The van der Waals surface area contributed by atoms with E-state index in [1.165, 1.54) is 0 Å². The summed E-state index contributed by atoms with van der Waals surface area (Å²) in [5.74, 6) is 0.279. The van der Waals surface area contributed by atoms with Crippen LogP contribution in [-0.2, 0) is 9.53 Å². The molecule has 1 atom stereocenters. The molecule has 1 heterocycles. The molecule has 0 aromatic heterocycles. The molecule has 0 radical (unpaired) electrons. The summed E-state index contributed by atoms with van der Waals surface area (Å²) in [5.41, 5.74) is 0. The summed E-state index contributed by atoms with van der Waals surface area (Å²) >= 11 is 0. The number of ether oxygens (including phenoxy) is 1. The van der Waals surface area contributed by atoms with Gasteiger partial charge in [-0.25, -0.2) is 0 Å². The van der Waals surface area contributed by atoms with Crippen molar-refractivity contribution in [2.45, 2.75) is 45.6 Å². The second-order valence-electron chi connectivity index (χ2n) is 4.52. The van der Waals surface area contributed by atoms with Gasteiger partial charge in [-0.1, -0.05) is 6.92 Å². The molecule has 1 aliphatic rings. The van der Waals surface area contributed by atoms with E-state index in [9.17, 15) is 4.79 Å². The van der Waals surface area contributed by atoms with E-state index in [4.69, 9.17) is 4.74 Å². The van der Waals surface area contributed by atoms with Gasteiger partial charge in [-0.05, 0) is 39.2 Å². The van der Waals surface area contributed by atoms with Crippen molar-refractivity contribution >= 4 is 5.91 Å². The van der Waals surface area contributed by atoms with Gasteiger partial charge < -0.3 is 15.0 Å². The molecule has 1 amide bonds. The topological polar surface area (TPSA) is 41.6 Å². The molecule has 1 aliphatic heterocycles. The fourth-order valence-electron chi connectivity index (χ4n) is 2.17. The number of hydrogen-bond acceptors (Lipinski definition) is 3. The van der Waals surface area contributed by atoms with Crippen LogP contribution < -0.4 is 5.32 Å². The third kappa shape index (κ3) is 5.04. The predicted molar refractivity (Wildman–Crippen MR) is 69.0 cm³/mol. The number of carbonyl (C=O) groups is 1. The number of hydrogen-bond donors (Lipinski definition) is 1. The first kappa shape index (κ1) is 14.5. The Hall–Kier alpha value is -0.610. The van der Waals surface area contributed by atoms with Crippen LogP contribution in [0.4, 0.5) is 0 Å². The summed E-state index contributed by atoms with van der Waals surface area (Å²) in [6, 6.07) is 0.0517. The number of rotatable bonds is 8. The number of nitrogens with zero attached hydrogens (tertiary/aromatic N) is 1. The zero-order chi connectivity index (χ0) is 12.5. The molecule has 1 rings (SSSR count). The van der Waals surface area contributed by atoms with Gasteiger partial charge in [-0.3, -0.25) is 4.79 Å². The fourth-order valence-corrected chi connectivity index (χ4v) is 2.17. The van der Waals surface area contributed by atoms with Crippen molar-refractivity contribution in [1.29, 1.82) is 0 Å². The summed E-state index contributed by atoms with van der Waals surface area (Å²) in [6.07, 6.45) is 4.12. The zero-order valence-corrected chi connectivity index (χ0v) is 11.2. The van der Waals surface area contributed by atoms with Gasteiger partial charge in [0, 0.05) is 26.3 Å². The van der Waals surface area contributed by atoms with E-state index in [1.807, 2.05) is 11.8 Å². The Morgan fingerprint density at radius 1 is 1.47 bits per heavy atom. The summed E-state index contributed by atoms with van der Waals surface area (Å²) in [6.45, 7) is 8.32. The lowest BCUT2D eigenvalue weighted by molar-refractivity contribution is -0.136. The maximum Gasteiger partial charge on any atom is 0.239 e. The molecule has 100 valence electrons. The van der Waals surface area contributed by atoms with Crippen LogP contribution in [0.3, 0.4) is 0 Å². The van der Waals surface area contributed by atoms with Crippen molar-refractivity contribution in [3.63, 3.8) is 0 Å². The molecule has 0 aromatic carbocycles. The predicted octanol–water partition coefficient (Wildman–Crippen LogP) is 1.40. The van der Waals surface area contributed by atoms with E-state index < -0.39 is 0 Å². The molecular weight excluding hydrogens is 216 g/mol. The molecule has 1 saturated heterocycles. The molecule has 0 aliphatic carbocycles. The van der Waals surface area contributed by atoms with Crippen molar-refractivity contribution in [2.75, 3.05) is 32.8 Å². The van der Waals surface area contributed by atoms with E-state index in [0.717, 1.165) is 58.5 Å². The molecular formula is C13H26N2O2. The van der Waals surface area contributed by atoms with Crippen LogP contribution in [-0.4, -0.2) is 49.7 Å². The number of amides is 1. The van der Waals surface area contributed by atoms with Gasteiger partial charge in [0.1, 0.15) is 0 Å². The van der Waals surface area contributed by atoms with Gasteiger partial charge >= 0.3 is 0 Å². The molecule has 1 fully saturated rings. The maximum absolute atomic E-state index is 12.1. The van der Waals surface area contributed by atoms with Gasteiger partial charge in [0.15, 0.2) is 0 Å². The highest BCUT2D eigenvalue weighted by molar-refractivity contribution is 5.82. The molecule has 4 nitrogen and oxygen atoms in total. The fraction of sp³-hybridized carbons (Fsp3) is 0.923. The summed E-state index contributed by atoms with van der Waals surface area (Å²) in [4.78, 5) is 14.1. The Balaban J connectivity index is 2.26. The lowest BCUT2D eigenvalue weighted by atomic mass is 10.0. The van der Waals surface area contributed by atoms with E-state index in [-0.39, 0.29) is 11.9 Å². The highest BCUT2D eigenvalue weighted by atomic mass is 16.5. The maximum atomic E-state index is 12.1. The van der Waals surface area contributed by atoms with Crippen LogP contribution >= 0.6 is 0 Å². The van der Waals surface area contributed by atoms with Crippen molar-refractivity contribution in [2.24, 2.45) is 0 Å². The first-order valence-electron chi connectivity index (χ1n) is 6.89. The second kappa shape index (κ2) is 8.48. The molecule has 1 unspecified atom stereocenters. The minimum Gasteiger partial charge on any atom is -0.382 e. The first-order chi connectivity index (χ1) is 8.29. The first-order valence-corrected chi connectivity index (χ1v) is 6.89. The highest BCUT2D eigenvalue weighted by Crippen LogP contribution is 2.12. The third-order valence-electron chi connectivity index (χ3n) is 3.09. The van der Waals surface area contributed by atoms with Gasteiger partial charge in [0.05, 0.1) is 6.04 Å². The van der Waals surface area contributed by atoms with Gasteiger partial charge in [-0.15, -0.1) is 0 Å². The standard InChI is InChI=1S/C13H26N2O2/c1-3-8-14-12-7-5-9-15(13(12)16)10-6-11-17-4-2/h12,14H,3-11H2,1-2H3. The number of likely N-dealkylation sites (tertiary alicyclic amines) is 1. The summed E-state index contributed by atoms with van der Waals surface area (Å²) < 4.78 is 5.30. The van der Waals surface area contributed by atoms with Crippen molar-refractivity contribution in [3.8, 4) is 0 Å². The summed E-state index contributed by atoms with van der Waals surface area (Å²) in [5, 5.41) is 3.33. The molecule has 0 bridgehead atoms. The number of carbonyl (C=O) groups excluding carboxylic acids is 1. The van der Waals surface area contributed by atoms with Crippen molar-refractivity contribution in [1.82, 2.24) is 10.2 Å². The van der Waals surface area contributed by atoms with E-state index in [2.05, 4.69) is 12.2 Å². The van der Waals surface area contributed by atoms with Crippen LogP contribution in [0.15, 0.2) is 0 Å². The van der Waals surface area contributed by atoms with Gasteiger partial charge in [0.2, 0.25) is 5.91 Å². The van der Waals surface area contributed by atoms with Crippen LogP contribution in [0.1, 0.15) is 39.5 Å². The van der Waals surface area contributed by atoms with E-state index >= 15 is 0 Å². The lowest BCUT2D eigenvalue weighted by Crippen LogP contribution is -2.51.